The Kier molecular flexibility index (Phi) is 7.10. The van der Waals surface area contributed by atoms with Crippen molar-refractivity contribution in [3.8, 4) is 5.95 Å². The van der Waals surface area contributed by atoms with Crippen LogP contribution in [0.5, 0.6) is 0 Å². The van der Waals surface area contributed by atoms with Crippen LogP contribution in [0.2, 0.25) is 0 Å². The van der Waals surface area contributed by atoms with Gasteiger partial charge in [0, 0.05) is 44.7 Å². The maximum atomic E-state index is 14.2. The Morgan fingerprint density at radius 1 is 0.977 bits per heavy atom. The van der Waals surface area contributed by atoms with Gasteiger partial charge in [0.2, 0.25) is 11.9 Å². The molecule has 5 heterocycles. The quantitative estimate of drug-likeness (QED) is 0.296. The van der Waals surface area contributed by atoms with Gasteiger partial charge in [-0.3, -0.25) is 14.2 Å². The summed E-state index contributed by atoms with van der Waals surface area (Å²) in [7, 11) is 0. The molecule has 1 unspecified atom stereocenters. The standard InChI is InChI=1S/C29H27F2N9O4/c30-23(31)26-34-18-6-1-2-7-19(18)40(26)29-36-25(21-15-33-8-13-43-21)35-28(37-29)39-11-9-38(10-12-39)27(42)20-14-16-4-3-5-17(24(32)41)22(16)44-20/h1-7,14,21,23,33H,8-13,15H2,(H2,32,41). The molecule has 0 aliphatic carbocycles. The summed E-state index contributed by atoms with van der Waals surface area (Å²) in [5, 5.41) is 3.84. The first-order valence-corrected chi connectivity index (χ1v) is 14.1. The molecule has 1 atom stereocenters. The van der Waals surface area contributed by atoms with Crippen LogP contribution in [0.3, 0.4) is 0 Å². The first-order valence-electron chi connectivity index (χ1n) is 14.1. The van der Waals surface area contributed by atoms with Gasteiger partial charge < -0.3 is 30.0 Å². The fraction of sp³-hybridized carbons (Fsp3) is 0.310. The number of nitrogens with two attached hydrogens (primary N) is 1. The first-order chi connectivity index (χ1) is 21.4. The van der Waals surface area contributed by atoms with Crippen LogP contribution in [-0.4, -0.2) is 87.1 Å². The van der Waals surface area contributed by atoms with Gasteiger partial charge in [-0.2, -0.15) is 15.0 Å². The number of hydrogen-bond donors (Lipinski definition) is 2. The van der Waals surface area contributed by atoms with Crippen LogP contribution in [0.4, 0.5) is 14.7 Å². The number of benzene rings is 2. The number of piperazine rings is 1. The average Bonchev–Trinajstić information content (AvgIpc) is 3.67. The van der Waals surface area contributed by atoms with E-state index in [1.54, 1.807) is 53.4 Å². The number of anilines is 1. The molecule has 2 saturated heterocycles. The van der Waals surface area contributed by atoms with E-state index in [1.165, 1.54) is 4.57 Å². The highest BCUT2D eigenvalue weighted by atomic mass is 19.3. The van der Waals surface area contributed by atoms with Crippen LogP contribution in [0.15, 0.2) is 52.9 Å². The van der Waals surface area contributed by atoms with E-state index in [0.29, 0.717) is 68.1 Å². The molecule has 7 rings (SSSR count). The molecule has 0 saturated carbocycles. The van der Waals surface area contributed by atoms with Gasteiger partial charge in [-0.05, 0) is 24.3 Å². The third kappa shape index (κ3) is 4.99. The molecule has 3 aromatic heterocycles. The van der Waals surface area contributed by atoms with E-state index in [2.05, 4.69) is 25.3 Å². The highest BCUT2D eigenvalue weighted by Crippen LogP contribution is 2.29. The van der Waals surface area contributed by atoms with Gasteiger partial charge in [-0.25, -0.2) is 13.8 Å². The number of ether oxygens (including phenoxy) is 1. The summed E-state index contributed by atoms with van der Waals surface area (Å²) in [5.74, 6) is -0.763. The van der Waals surface area contributed by atoms with Crippen molar-refractivity contribution in [2.45, 2.75) is 12.5 Å². The van der Waals surface area contributed by atoms with E-state index in [0.717, 1.165) is 0 Å². The van der Waals surface area contributed by atoms with Crippen LogP contribution in [-0.2, 0) is 4.74 Å². The van der Waals surface area contributed by atoms with Gasteiger partial charge >= 0.3 is 0 Å². The largest absolute Gasteiger partial charge is 0.450 e. The highest BCUT2D eigenvalue weighted by Gasteiger charge is 2.30. The number of amides is 2. The van der Waals surface area contributed by atoms with E-state index < -0.39 is 24.3 Å². The first kappa shape index (κ1) is 27.8. The summed E-state index contributed by atoms with van der Waals surface area (Å²) in [6.07, 6.45) is -3.37. The zero-order valence-corrected chi connectivity index (χ0v) is 23.3. The Balaban J connectivity index is 1.19. The number of para-hydroxylation sites is 3. The number of hydrogen-bond acceptors (Lipinski definition) is 10. The highest BCUT2D eigenvalue weighted by molar-refractivity contribution is 6.06. The lowest BCUT2D eigenvalue weighted by molar-refractivity contribution is 0.0220. The molecule has 2 amide bonds. The molecule has 0 radical (unpaired) electrons. The number of imidazole rings is 1. The molecule has 2 aliphatic rings. The number of rotatable bonds is 6. The zero-order chi connectivity index (χ0) is 30.4. The number of primary amides is 1. The molecule has 226 valence electrons. The minimum absolute atomic E-state index is 0.00853. The topological polar surface area (TPSA) is 158 Å². The maximum Gasteiger partial charge on any atom is 0.296 e. The molecular formula is C29H27F2N9O4. The average molecular weight is 604 g/mol. The number of furan rings is 1. The molecular weight excluding hydrogens is 576 g/mol. The number of aromatic nitrogens is 5. The fourth-order valence-corrected chi connectivity index (χ4v) is 5.52. The number of carbonyl (C=O) groups is 2. The summed E-state index contributed by atoms with van der Waals surface area (Å²) < 4.78 is 41.3. The van der Waals surface area contributed by atoms with Crippen LogP contribution in [0.1, 0.15) is 45.1 Å². The third-order valence-electron chi connectivity index (χ3n) is 7.70. The predicted molar refractivity (Wildman–Crippen MR) is 154 cm³/mol. The van der Waals surface area contributed by atoms with Crippen molar-refractivity contribution in [1.82, 2.24) is 34.7 Å². The second kappa shape index (κ2) is 11.2. The molecule has 44 heavy (non-hydrogen) atoms. The van der Waals surface area contributed by atoms with E-state index in [4.69, 9.17) is 14.9 Å². The Labute approximate surface area is 248 Å². The van der Waals surface area contributed by atoms with Crippen molar-refractivity contribution >= 4 is 39.8 Å². The molecule has 0 bridgehead atoms. The molecule has 2 aliphatic heterocycles. The van der Waals surface area contributed by atoms with Crippen LogP contribution in [0, 0.1) is 0 Å². The van der Waals surface area contributed by atoms with Crippen LogP contribution < -0.4 is 16.0 Å². The third-order valence-corrected chi connectivity index (χ3v) is 7.70. The number of alkyl halides is 2. The minimum atomic E-state index is -2.87. The van der Waals surface area contributed by atoms with Gasteiger partial charge in [0.15, 0.2) is 17.4 Å². The van der Waals surface area contributed by atoms with E-state index in [9.17, 15) is 18.4 Å². The molecule has 15 heteroatoms. The summed E-state index contributed by atoms with van der Waals surface area (Å²) in [4.78, 5) is 46.7. The van der Waals surface area contributed by atoms with Gasteiger partial charge in [0.1, 0.15) is 11.7 Å². The van der Waals surface area contributed by atoms with Crippen molar-refractivity contribution in [1.29, 1.82) is 0 Å². The van der Waals surface area contributed by atoms with Crippen molar-refractivity contribution in [3.05, 3.63) is 71.5 Å². The lowest BCUT2D eigenvalue weighted by Crippen LogP contribution is -2.49. The van der Waals surface area contributed by atoms with E-state index in [-0.39, 0.29) is 34.7 Å². The number of halogens is 2. The summed E-state index contributed by atoms with van der Waals surface area (Å²) in [5.41, 5.74) is 6.75. The Bertz CT molecular complexity index is 1880. The smallest absolute Gasteiger partial charge is 0.296 e. The lowest BCUT2D eigenvalue weighted by Gasteiger charge is -2.34. The number of nitrogens with zero attached hydrogens (tertiary/aromatic N) is 7. The van der Waals surface area contributed by atoms with Crippen molar-refractivity contribution in [2.75, 3.05) is 50.8 Å². The zero-order valence-electron chi connectivity index (χ0n) is 23.3. The van der Waals surface area contributed by atoms with Crippen molar-refractivity contribution in [2.24, 2.45) is 5.73 Å². The molecule has 3 N–H and O–H groups in total. The van der Waals surface area contributed by atoms with E-state index in [1.807, 2.05) is 4.90 Å². The number of carbonyl (C=O) groups excluding carboxylic acids is 2. The monoisotopic (exact) mass is 603 g/mol. The predicted octanol–water partition coefficient (Wildman–Crippen LogP) is 2.62. The summed E-state index contributed by atoms with van der Waals surface area (Å²) in [6.45, 7) is 2.91. The molecule has 0 spiro atoms. The normalized spacial score (nSPS) is 17.6. The van der Waals surface area contributed by atoms with Gasteiger partial charge in [-0.1, -0.05) is 24.3 Å². The number of fused-ring (bicyclic) bond motifs is 2. The van der Waals surface area contributed by atoms with Gasteiger partial charge in [-0.15, -0.1) is 0 Å². The molecule has 5 aromatic rings. The molecule has 13 nitrogen and oxygen atoms in total. The minimum Gasteiger partial charge on any atom is -0.450 e. The van der Waals surface area contributed by atoms with Gasteiger partial charge in [0.05, 0.1) is 23.2 Å². The van der Waals surface area contributed by atoms with Crippen molar-refractivity contribution in [3.63, 3.8) is 0 Å². The Morgan fingerprint density at radius 2 is 1.77 bits per heavy atom. The SMILES string of the molecule is NC(=O)c1cccc2cc(C(=O)N3CCN(c4nc(C5CNCCO5)nc(-n5c(C(F)F)nc6ccccc65)n4)CC3)oc12. The fourth-order valence-electron chi connectivity index (χ4n) is 5.52. The van der Waals surface area contributed by atoms with Crippen LogP contribution >= 0.6 is 0 Å². The summed E-state index contributed by atoms with van der Waals surface area (Å²) >= 11 is 0. The maximum absolute atomic E-state index is 14.2. The lowest BCUT2D eigenvalue weighted by atomic mass is 10.1. The van der Waals surface area contributed by atoms with Crippen molar-refractivity contribution < 1.29 is 27.5 Å². The number of nitrogens with one attached hydrogen (secondary N) is 1. The Hall–Kier alpha value is -5.02. The number of morpholine rings is 1. The van der Waals surface area contributed by atoms with E-state index >= 15 is 0 Å². The molecule has 2 aromatic carbocycles. The summed E-state index contributed by atoms with van der Waals surface area (Å²) in [6, 6.07) is 13.4. The Morgan fingerprint density at radius 3 is 2.52 bits per heavy atom. The van der Waals surface area contributed by atoms with Gasteiger partial charge in [0.25, 0.3) is 18.2 Å². The second-order valence-electron chi connectivity index (χ2n) is 10.4. The second-order valence-corrected chi connectivity index (χ2v) is 10.4. The van der Waals surface area contributed by atoms with Crippen LogP contribution in [0.25, 0.3) is 28.0 Å². The molecule has 2 fully saturated rings.